The smallest absolute Gasteiger partial charge is 0.286 e. The minimum Gasteiger partial charge on any atom is -0.454 e. The van der Waals surface area contributed by atoms with Gasteiger partial charge in [0.15, 0.2) is 5.76 Å². The third-order valence-corrected chi connectivity index (χ3v) is 4.59. The highest BCUT2D eigenvalue weighted by Crippen LogP contribution is 2.21. The normalized spacial score (nSPS) is 11.0. The van der Waals surface area contributed by atoms with E-state index in [2.05, 4.69) is 26.3 Å². The summed E-state index contributed by atoms with van der Waals surface area (Å²) in [6.45, 7) is 8.28. The van der Waals surface area contributed by atoms with Crippen molar-refractivity contribution in [2.45, 2.75) is 33.7 Å². The van der Waals surface area contributed by atoms with E-state index in [9.17, 15) is 4.79 Å². The van der Waals surface area contributed by atoms with E-state index in [0.717, 1.165) is 22.3 Å². The van der Waals surface area contributed by atoms with Crippen molar-refractivity contribution in [3.8, 4) is 0 Å². The molecule has 126 valence electrons. The van der Waals surface area contributed by atoms with E-state index in [1.807, 2.05) is 25.5 Å². The molecule has 0 aromatic carbocycles. The highest BCUT2D eigenvalue weighted by atomic mass is 79.9. The lowest BCUT2D eigenvalue weighted by molar-refractivity contribution is 0.0914. The van der Waals surface area contributed by atoms with Crippen LogP contribution in [0.3, 0.4) is 0 Å². The van der Waals surface area contributed by atoms with Crippen molar-refractivity contribution >= 4 is 21.8 Å². The standard InChI is InChI=1S/C16H22BrN3O3/c1-4-22-9-5-8-18-16(21)14-7-6-13(23-14)10-20-12(3)15(17)11(2)19-20/h6-7H,4-5,8-10H2,1-3H3,(H,18,21). The van der Waals surface area contributed by atoms with E-state index in [1.165, 1.54) is 0 Å². The summed E-state index contributed by atoms with van der Waals surface area (Å²) in [5, 5.41) is 7.25. The first-order valence-electron chi connectivity index (χ1n) is 7.67. The predicted molar refractivity (Wildman–Crippen MR) is 90.7 cm³/mol. The van der Waals surface area contributed by atoms with E-state index in [1.54, 1.807) is 12.1 Å². The predicted octanol–water partition coefficient (Wildman–Crippen LogP) is 3.06. The quantitative estimate of drug-likeness (QED) is 0.711. The third-order valence-electron chi connectivity index (χ3n) is 3.44. The number of carbonyl (C=O) groups excluding carboxylic acids is 1. The van der Waals surface area contributed by atoms with Crippen molar-refractivity contribution in [1.82, 2.24) is 15.1 Å². The van der Waals surface area contributed by atoms with Gasteiger partial charge in [-0.15, -0.1) is 0 Å². The van der Waals surface area contributed by atoms with Crippen LogP contribution in [0, 0.1) is 13.8 Å². The van der Waals surface area contributed by atoms with Crippen molar-refractivity contribution < 1.29 is 13.9 Å². The van der Waals surface area contributed by atoms with Crippen LogP contribution in [0.25, 0.3) is 0 Å². The summed E-state index contributed by atoms with van der Waals surface area (Å²) in [5.74, 6) is 0.807. The SMILES string of the molecule is CCOCCCNC(=O)c1ccc(Cn2nc(C)c(Br)c2C)o1. The maximum Gasteiger partial charge on any atom is 0.286 e. The number of carbonyl (C=O) groups is 1. The molecule has 0 aliphatic heterocycles. The molecule has 0 bridgehead atoms. The minimum absolute atomic E-state index is 0.206. The van der Waals surface area contributed by atoms with Crippen LogP contribution in [0.15, 0.2) is 21.0 Å². The highest BCUT2D eigenvalue weighted by Gasteiger charge is 2.13. The van der Waals surface area contributed by atoms with Crippen molar-refractivity contribution in [3.63, 3.8) is 0 Å². The fourth-order valence-electron chi connectivity index (χ4n) is 2.17. The lowest BCUT2D eigenvalue weighted by Crippen LogP contribution is -2.24. The Morgan fingerprint density at radius 2 is 2.22 bits per heavy atom. The first-order chi connectivity index (χ1) is 11.0. The molecule has 0 fully saturated rings. The summed E-state index contributed by atoms with van der Waals surface area (Å²) in [5.41, 5.74) is 1.96. The Kier molecular flexibility index (Phi) is 6.41. The second-order valence-corrected chi connectivity index (χ2v) is 6.01. The molecular weight excluding hydrogens is 362 g/mol. The lowest BCUT2D eigenvalue weighted by atomic mass is 10.3. The number of furan rings is 1. The lowest BCUT2D eigenvalue weighted by Gasteiger charge is -2.04. The fourth-order valence-corrected chi connectivity index (χ4v) is 2.45. The van der Waals surface area contributed by atoms with Crippen LogP contribution in [-0.4, -0.2) is 35.4 Å². The number of ether oxygens (including phenoxy) is 1. The Bertz CT molecular complexity index is 664. The zero-order valence-corrected chi connectivity index (χ0v) is 15.3. The molecule has 1 N–H and O–H groups in total. The van der Waals surface area contributed by atoms with Crippen LogP contribution >= 0.6 is 15.9 Å². The number of hydrogen-bond acceptors (Lipinski definition) is 4. The van der Waals surface area contributed by atoms with Crippen molar-refractivity contribution in [2.75, 3.05) is 19.8 Å². The molecule has 0 unspecified atom stereocenters. The molecule has 7 heteroatoms. The average molecular weight is 384 g/mol. The maximum absolute atomic E-state index is 12.0. The molecule has 2 heterocycles. The highest BCUT2D eigenvalue weighted by molar-refractivity contribution is 9.10. The van der Waals surface area contributed by atoms with E-state index < -0.39 is 0 Å². The number of rotatable bonds is 8. The molecular formula is C16H22BrN3O3. The molecule has 6 nitrogen and oxygen atoms in total. The monoisotopic (exact) mass is 383 g/mol. The van der Waals surface area contributed by atoms with Crippen LogP contribution in [-0.2, 0) is 11.3 Å². The fraction of sp³-hybridized carbons (Fsp3) is 0.500. The van der Waals surface area contributed by atoms with Gasteiger partial charge >= 0.3 is 0 Å². The number of aryl methyl sites for hydroxylation is 1. The number of nitrogens with one attached hydrogen (secondary N) is 1. The Labute approximate surface area is 144 Å². The summed E-state index contributed by atoms with van der Waals surface area (Å²) in [6.07, 6.45) is 0.785. The zero-order valence-electron chi connectivity index (χ0n) is 13.7. The Balaban J connectivity index is 1.89. The van der Waals surface area contributed by atoms with Gasteiger partial charge < -0.3 is 14.5 Å². The zero-order chi connectivity index (χ0) is 16.8. The van der Waals surface area contributed by atoms with E-state index in [-0.39, 0.29) is 5.91 Å². The Morgan fingerprint density at radius 3 is 2.87 bits per heavy atom. The molecule has 0 atom stereocenters. The van der Waals surface area contributed by atoms with Gasteiger partial charge in [-0.25, -0.2) is 0 Å². The minimum atomic E-state index is -0.206. The third kappa shape index (κ3) is 4.68. The Hall–Kier alpha value is -1.60. The molecule has 0 radical (unpaired) electrons. The van der Waals surface area contributed by atoms with Gasteiger partial charge in [-0.2, -0.15) is 5.10 Å². The van der Waals surface area contributed by atoms with E-state index >= 15 is 0 Å². The van der Waals surface area contributed by atoms with Crippen LogP contribution in [0.1, 0.15) is 41.0 Å². The molecule has 23 heavy (non-hydrogen) atoms. The topological polar surface area (TPSA) is 69.3 Å². The summed E-state index contributed by atoms with van der Waals surface area (Å²) >= 11 is 3.50. The van der Waals surface area contributed by atoms with Crippen molar-refractivity contribution in [1.29, 1.82) is 0 Å². The number of halogens is 1. The molecule has 0 aliphatic rings. The average Bonchev–Trinajstić information content (AvgIpc) is 3.09. The first-order valence-corrected chi connectivity index (χ1v) is 8.46. The van der Waals surface area contributed by atoms with Gasteiger partial charge in [-0.1, -0.05) is 0 Å². The number of amides is 1. The molecule has 0 aliphatic carbocycles. The molecule has 2 aromatic rings. The maximum atomic E-state index is 12.0. The summed E-state index contributed by atoms with van der Waals surface area (Å²) in [6, 6.07) is 3.49. The van der Waals surface area contributed by atoms with Gasteiger partial charge in [-0.05, 0) is 55.3 Å². The van der Waals surface area contributed by atoms with Gasteiger partial charge in [-0.3, -0.25) is 9.48 Å². The molecule has 1 amide bonds. The number of hydrogen-bond donors (Lipinski definition) is 1. The van der Waals surface area contributed by atoms with Crippen LogP contribution < -0.4 is 5.32 Å². The van der Waals surface area contributed by atoms with Crippen molar-refractivity contribution in [2.24, 2.45) is 0 Å². The van der Waals surface area contributed by atoms with Gasteiger partial charge in [0, 0.05) is 19.8 Å². The second kappa shape index (κ2) is 8.31. The molecule has 2 rings (SSSR count). The van der Waals surface area contributed by atoms with Crippen molar-refractivity contribution in [3.05, 3.63) is 39.5 Å². The first kappa shape index (κ1) is 17.7. The second-order valence-electron chi connectivity index (χ2n) is 5.21. The van der Waals surface area contributed by atoms with Crippen LogP contribution in [0.4, 0.5) is 0 Å². The van der Waals surface area contributed by atoms with Crippen LogP contribution in [0.5, 0.6) is 0 Å². The molecule has 0 spiro atoms. The summed E-state index contributed by atoms with van der Waals surface area (Å²) in [7, 11) is 0. The van der Waals surface area contributed by atoms with Crippen LogP contribution in [0.2, 0.25) is 0 Å². The van der Waals surface area contributed by atoms with Gasteiger partial charge in [0.2, 0.25) is 0 Å². The summed E-state index contributed by atoms with van der Waals surface area (Å²) in [4.78, 5) is 12.0. The molecule has 0 saturated heterocycles. The number of aromatic nitrogens is 2. The van der Waals surface area contributed by atoms with E-state index in [0.29, 0.717) is 37.8 Å². The number of nitrogens with zero attached hydrogens (tertiary/aromatic N) is 2. The Morgan fingerprint density at radius 1 is 1.43 bits per heavy atom. The van der Waals surface area contributed by atoms with E-state index in [4.69, 9.17) is 9.15 Å². The molecule has 0 saturated carbocycles. The van der Waals surface area contributed by atoms with Gasteiger partial charge in [0.1, 0.15) is 5.76 Å². The van der Waals surface area contributed by atoms with Gasteiger partial charge in [0.05, 0.1) is 22.4 Å². The molecule has 2 aromatic heterocycles. The van der Waals surface area contributed by atoms with Gasteiger partial charge in [0.25, 0.3) is 5.91 Å². The summed E-state index contributed by atoms with van der Waals surface area (Å²) < 4.78 is 13.7. The largest absolute Gasteiger partial charge is 0.454 e.